The van der Waals surface area contributed by atoms with E-state index in [0.717, 1.165) is 31.2 Å². The van der Waals surface area contributed by atoms with Gasteiger partial charge in [0.15, 0.2) is 5.96 Å². The molecule has 0 bridgehead atoms. The molecule has 0 radical (unpaired) electrons. The number of rotatable bonds is 7. The first-order valence-electron chi connectivity index (χ1n) is 8.17. The first-order valence-corrected chi connectivity index (χ1v) is 9.04. The molecule has 0 spiro atoms. The van der Waals surface area contributed by atoms with Gasteiger partial charge in [-0.2, -0.15) is 0 Å². The van der Waals surface area contributed by atoms with E-state index in [2.05, 4.69) is 46.8 Å². The lowest BCUT2D eigenvalue weighted by molar-refractivity contribution is 0.131. The van der Waals surface area contributed by atoms with Crippen LogP contribution in [0.5, 0.6) is 0 Å². The standard InChI is InChI=1S/C16H28N4S/c1-4-14-20-13(11-21-14)10-18-15(17-6-3)19-12-16(5-2)8-7-9-16/h11H,4-10,12H2,1-3H3,(H2,17,18,19). The van der Waals surface area contributed by atoms with Crippen LogP contribution in [0.15, 0.2) is 10.4 Å². The van der Waals surface area contributed by atoms with Crippen molar-refractivity contribution in [2.24, 2.45) is 10.4 Å². The quantitative estimate of drug-likeness (QED) is 0.600. The van der Waals surface area contributed by atoms with Gasteiger partial charge in [0.25, 0.3) is 0 Å². The number of nitrogens with zero attached hydrogens (tertiary/aromatic N) is 2. The van der Waals surface area contributed by atoms with Gasteiger partial charge in [0.2, 0.25) is 0 Å². The minimum atomic E-state index is 0.506. The van der Waals surface area contributed by atoms with Crippen LogP contribution in [0.4, 0.5) is 0 Å². The fourth-order valence-electron chi connectivity index (χ4n) is 2.69. The van der Waals surface area contributed by atoms with Crippen molar-refractivity contribution >= 4 is 17.3 Å². The van der Waals surface area contributed by atoms with Crippen molar-refractivity contribution in [1.29, 1.82) is 0 Å². The Hall–Kier alpha value is -1.10. The van der Waals surface area contributed by atoms with E-state index in [1.165, 1.54) is 30.7 Å². The molecule has 1 saturated carbocycles. The van der Waals surface area contributed by atoms with Gasteiger partial charge in [-0.15, -0.1) is 11.3 Å². The maximum Gasteiger partial charge on any atom is 0.191 e. The highest BCUT2D eigenvalue weighted by Crippen LogP contribution is 2.42. The third-order valence-electron chi connectivity index (χ3n) is 4.44. The highest BCUT2D eigenvalue weighted by molar-refractivity contribution is 7.09. The Kier molecular flexibility index (Phi) is 6.03. The molecule has 0 atom stereocenters. The molecule has 0 amide bonds. The molecular weight excluding hydrogens is 280 g/mol. The van der Waals surface area contributed by atoms with Gasteiger partial charge in [0.1, 0.15) is 0 Å². The van der Waals surface area contributed by atoms with Crippen molar-refractivity contribution in [1.82, 2.24) is 15.6 Å². The summed E-state index contributed by atoms with van der Waals surface area (Å²) in [5.41, 5.74) is 1.58. The second-order valence-corrected chi connectivity index (χ2v) is 6.78. The maximum absolute atomic E-state index is 4.67. The summed E-state index contributed by atoms with van der Waals surface area (Å²) in [6.45, 7) is 9.13. The smallest absolute Gasteiger partial charge is 0.191 e. The number of guanidine groups is 1. The number of aryl methyl sites for hydroxylation is 1. The van der Waals surface area contributed by atoms with Crippen molar-refractivity contribution in [3.63, 3.8) is 0 Å². The number of hydrogen-bond donors (Lipinski definition) is 2. The van der Waals surface area contributed by atoms with Gasteiger partial charge in [-0.25, -0.2) is 9.98 Å². The van der Waals surface area contributed by atoms with Gasteiger partial charge >= 0.3 is 0 Å². The molecule has 0 aromatic carbocycles. The van der Waals surface area contributed by atoms with E-state index in [0.29, 0.717) is 12.0 Å². The Morgan fingerprint density at radius 1 is 1.33 bits per heavy atom. The minimum Gasteiger partial charge on any atom is -0.357 e. The summed E-state index contributed by atoms with van der Waals surface area (Å²) in [7, 11) is 0. The molecule has 2 N–H and O–H groups in total. The Labute approximate surface area is 132 Å². The molecule has 1 heterocycles. The monoisotopic (exact) mass is 308 g/mol. The summed E-state index contributed by atoms with van der Waals surface area (Å²) >= 11 is 1.73. The third kappa shape index (κ3) is 4.43. The Morgan fingerprint density at radius 2 is 2.14 bits per heavy atom. The topological polar surface area (TPSA) is 49.3 Å². The SMILES string of the molecule is CCNC(=NCc1csc(CC)n1)NCC1(CC)CCC1. The van der Waals surface area contributed by atoms with Crippen molar-refractivity contribution < 1.29 is 0 Å². The van der Waals surface area contributed by atoms with Crippen LogP contribution in [0.2, 0.25) is 0 Å². The van der Waals surface area contributed by atoms with E-state index in [9.17, 15) is 0 Å². The molecule has 1 aliphatic rings. The van der Waals surface area contributed by atoms with E-state index in [1.54, 1.807) is 11.3 Å². The molecule has 1 aromatic heterocycles. The maximum atomic E-state index is 4.67. The van der Waals surface area contributed by atoms with Crippen molar-refractivity contribution in [2.45, 2.75) is 59.4 Å². The van der Waals surface area contributed by atoms with E-state index >= 15 is 0 Å². The summed E-state index contributed by atoms with van der Waals surface area (Å²) in [4.78, 5) is 9.23. The van der Waals surface area contributed by atoms with Crippen LogP contribution in [0.3, 0.4) is 0 Å². The second-order valence-electron chi connectivity index (χ2n) is 5.84. The molecule has 1 aliphatic carbocycles. The summed E-state index contributed by atoms with van der Waals surface area (Å²) < 4.78 is 0. The minimum absolute atomic E-state index is 0.506. The number of hydrogen-bond acceptors (Lipinski definition) is 3. The van der Waals surface area contributed by atoms with Gasteiger partial charge in [-0.05, 0) is 38.0 Å². The predicted octanol–water partition coefficient (Wildman–Crippen LogP) is 3.34. The summed E-state index contributed by atoms with van der Waals surface area (Å²) in [6.07, 6.45) is 6.34. The van der Waals surface area contributed by atoms with Gasteiger partial charge in [-0.3, -0.25) is 0 Å². The first kappa shape index (κ1) is 16.3. The van der Waals surface area contributed by atoms with Crippen molar-refractivity contribution in [3.05, 3.63) is 16.1 Å². The number of aromatic nitrogens is 1. The molecule has 2 rings (SSSR count). The van der Waals surface area contributed by atoms with Crippen LogP contribution in [0.25, 0.3) is 0 Å². The Balaban J connectivity index is 1.89. The molecular formula is C16H28N4S. The van der Waals surface area contributed by atoms with Crippen molar-refractivity contribution in [2.75, 3.05) is 13.1 Å². The number of thiazole rings is 1. The molecule has 118 valence electrons. The van der Waals surface area contributed by atoms with Crippen LogP contribution in [0.1, 0.15) is 57.2 Å². The normalized spacial score (nSPS) is 17.4. The van der Waals surface area contributed by atoms with E-state index in [-0.39, 0.29) is 0 Å². The van der Waals surface area contributed by atoms with Crippen LogP contribution in [-0.2, 0) is 13.0 Å². The van der Waals surface area contributed by atoms with E-state index in [4.69, 9.17) is 0 Å². The Morgan fingerprint density at radius 3 is 2.67 bits per heavy atom. The zero-order chi connectivity index (χ0) is 15.1. The highest BCUT2D eigenvalue weighted by atomic mass is 32.1. The first-order chi connectivity index (χ1) is 10.2. The zero-order valence-electron chi connectivity index (χ0n) is 13.5. The molecule has 21 heavy (non-hydrogen) atoms. The molecule has 0 saturated heterocycles. The number of nitrogens with one attached hydrogen (secondary N) is 2. The van der Waals surface area contributed by atoms with Gasteiger partial charge in [-0.1, -0.05) is 20.3 Å². The molecule has 0 aliphatic heterocycles. The fraction of sp³-hybridized carbons (Fsp3) is 0.750. The van der Waals surface area contributed by atoms with Crippen LogP contribution >= 0.6 is 11.3 Å². The van der Waals surface area contributed by atoms with E-state index in [1.807, 2.05) is 0 Å². The summed E-state index contributed by atoms with van der Waals surface area (Å²) in [5.74, 6) is 0.920. The van der Waals surface area contributed by atoms with Gasteiger partial charge in [0.05, 0.1) is 17.2 Å². The molecule has 1 fully saturated rings. The summed E-state index contributed by atoms with van der Waals surface area (Å²) in [6, 6.07) is 0. The van der Waals surface area contributed by atoms with Crippen molar-refractivity contribution in [3.8, 4) is 0 Å². The lowest BCUT2D eigenvalue weighted by atomic mass is 9.67. The van der Waals surface area contributed by atoms with E-state index < -0.39 is 0 Å². The van der Waals surface area contributed by atoms with Crippen LogP contribution < -0.4 is 10.6 Å². The van der Waals surface area contributed by atoms with Crippen LogP contribution in [0, 0.1) is 5.41 Å². The third-order valence-corrected chi connectivity index (χ3v) is 5.48. The Bertz CT molecular complexity index is 457. The summed E-state index contributed by atoms with van der Waals surface area (Å²) in [5, 5.41) is 10.2. The molecule has 0 unspecified atom stereocenters. The lowest BCUT2D eigenvalue weighted by Crippen LogP contribution is -2.46. The highest BCUT2D eigenvalue weighted by Gasteiger charge is 2.34. The fourth-order valence-corrected chi connectivity index (χ4v) is 3.43. The molecule has 4 nitrogen and oxygen atoms in total. The zero-order valence-corrected chi connectivity index (χ0v) is 14.4. The van der Waals surface area contributed by atoms with Gasteiger partial charge < -0.3 is 10.6 Å². The van der Waals surface area contributed by atoms with Gasteiger partial charge in [0, 0.05) is 18.5 Å². The molecule has 5 heteroatoms. The average molecular weight is 308 g/mol. The lowest BCUT2D eigenvalue weighted by Gasteiger charge is -2.41. The second kappa shape index (κ2) is 7.78. The van der Waals surface area contributed by atoms with Crippen LogP contribution in [-0.4, -0.2) is 24.0 Å². The number of aliphatic imine (C=N–C) groups is 1. The predicted molar refractivity (Wildman–Crippen MR) is 90.9 cm³/mol. The molecule has 1 aromatic rings. The largest absolute Gasteiger partial charge is 0.357 e. The average Bonchev–Trinajstić information content (AvgIpc) is 2.92.